The molecular weight excluding hydrogens is 216 g/mol. The molecule has 0 saturated heterocycles. The van der Waals surface area contributed by atoms with Gasteiger partial charge >= 0.3 is 0 Å². The lowest BCUT2D eigenvalue weighted by molar-refractivity contribution is 1.01. The molecule has 0 bridgehead atoms. The number of aromatic nitrogens is 1. The highest BCUT2D eigenvalue weighted by Gasteiger charge is 2.01. The van der Waals surface area contributed by atoms with Gasteiger partial charge in [-0.1, -0.05) is 36.0 Å². The molecule has 0 aliphatic carbocycles. The molecule has 2 nitrogen and oxygen atoms in total. The van der Waals surface area contributed by atoms with E-state index in [4.69, 9.17) is 5.73 Å². The number of rotatable bonds is 3. The van der Waals surface area contributed by atoms with Gasteiger partial charge in [-0.15, -0.1) is 0 Å². The van der Waals surface area contributed by atoms with Crippen molar-refractivity contribution in [3.63, 3.8) is 0 Å². The van der Waals surface area contributed by atoms with Gasteiger partial charge in [-0.2, -0.15) is 0 Å². The lowest BCUT2D eigenvalue weighted by Gasteiger charge is -2.04. The highest BCUT2D eigenvalue weighted by molar-refractivity contribution is 7.99. The van der Waals surface area contributed by atoms with Crippen molar-refractivity contribution in [2.75, 3.05) is 0 Å². The van der Waals surface area contributed by atoms with Gasteiger partial charge < -0.3 is 5.73 Å². The van der Waals surface area contributed by atoms with Crippen LogP contribution in [-0.2, 0) is 6.54 Å². The minimum Gasteiger partial charge on any atom is -0.326 e. The normalized spacial score (nSPS) is 10.4. The monoisotopic (exact) mass is 230 g/mol. The summed E-state index contributed by atoms with van der Waals surface area (Å²) < 4.78 is 0. The van der Waals surface area contributed by atoms with Crippen molar-refractivity contribution in [2.24, 2.45) is 5.73 Å². The maximum Gasteiger partial charge on any atom is 0.101 e. The SMILES string of the molecule is Cc1ccccc1Sc1ccc(CN)cn1. The van der Waals surface area contributed by atoms with E-state index in [-0.39, 0.29) is 0 Å². The lowest BCUT2D eigenvalue weighted by Crippen LogP contribution is -1.96. The Labute approximate surface area is 99.9 Å². The molecule has 0 aliphatic heterocycles. The number of nitrogens with two attached hydrogens (primary N) is 1. The fraction of sp³-hybridized carbons (Fsp3) is 0.154. The Morgan fingerprint density at radius 2 is 2.00 bits per heavy atom. The largest absolute Gasteiger partial charge is 0.326 e. The molecule has 16 heavy (non-hydrogen) atoms. The van der Waals surface area contributed by atoms with Gasteiger partial charge in [0.1, 0.15) is 5.03 Å². The highest BCUT2D eigenvalue weighted by Crippen LogP contribution is 2.28. The zero-order valence-corrected chi connectivity index (χ0v) is 10.00. The van der Waals surface area contributed by atoms with Crippen LogP contribution in [0.2, 0.25) is 0 Å². The predicted molar refractivity (Wildman–Crippen MR) is 67.4 cm³/mol. The van der Waals surface area contributed by atoms with Gasteiger partial charge in [0, 0.05) is 17.6 Å². The first kappa shape index (κ1) is 11.2. The topological polar surface area (TPSA) is 38.9 Å². The summed E-state index contributed by atoms with van der Waals surface area (Å²) in [6.45, 7) is 2.65. The number of aryl methyl sites for hydroxylation is 1. The summed E-state index contributed by atoms with van der Waals surface area (Å²) in [6.07, 6.45) is 1.83. The van der Waals surface area contributed by atoms with Crippen molar-refractivity contribution >= 4 is 11.8 Å². The summed E-state index contributed by atoms with van der Waals surface area (Å²) in [5.74, 6) is 0. The molecule has 2 N–H and O–H groups in total. The molecule has 2 aromatic rings. The van der Waals surface area contributed by atoms with E-state index in [1.807, 2.05) is 30.5 Å². The molecule has 82 valence electrons. The van der Waals surface area contributed by atoms with Gasteiger partial charge in [0.15, 0.2) is 0 Å². The first-order valence-electron chi connectivity index (χ1n) is 5.18. The Bertz CT molecular complexity index is 466. The number of hydrogen-bond donors (Lipinski definition) is 1. The number of benzene rings is 1. The summed E-state index contributed by atoms with van der Waals surface area (Å²) in [5.41, 5.74) is 7.87. The van der Waals surface area contributed by atoms with Crippen LogP contribution in [0.3, 0.4) is 0 Å². The second-order valence-electron chi connectivity index (χ2n) is 3.58. The van der Waals surface area contributed by atoms with Crippen molar-refractivity contribution in [2.45, 2.75) is 23.4 Å². The van der Waals surface area contributed by atoms with Crippen molar-refractivity contribution in [3.05, 3.63) is 53.7 Å². The van der Waals surface area contributed by atoms with E-state index in [0.29, 0.717) is 6.54 Å². The van der Waals surface area contributed by atoms with Crippen molar-refractivity contribution in [1.29, 1.82) is 0 Å². The van der Waals surface area contributed by atoms with Crippen LogP contribution in [0.1, 0.15) is 11.1 Å². The van der Waals surface area contributed by atoms with Gasteiger partial charge in [-0.3, -0.25) is 0 Å². The van der Waals surface area contributed by atoms with Crippen molar-refractivity contribution in [3.8, 4) is 0 Å². The van der Waals surface area contributed by atoms with Gasteiger partial charge in [0.2, 0.25) is 0 Å². The van der Waals surface area contributed by atoms with Crippen LogP contribution in [0.4, 0.5) is 0 Å². The first-order chi connectivity index (χ1) is 7.79. The maximum atomic E-state index is 5.53. The van der Waals surface area contributed by atoms with Crippen LogP contribution < -0.4 is 5.73 Å². The Hall–Kier alpha value is -1.32. The van der Waals surface area contributed by atoms with E-state index in [1.165, 1.54) is 10.5 Å². The van der Waals surface area contributed by atoms with Crippen molar-refractivity contribution < 1.29 is 0 Å². The maximum absolute atomic E-state index is 5.53. The molecule has 0 amide bonds. The zero-order valence-electron chi connectivity index (χ0n) is 9.18. The third-order valence-corrected chi connectivity index (χ3v) is 3.47. The Morgan fingerprint density at radius 3 is 2.62 bits per heavy atom. The van der Waals surface area contributed by atoms with Crippen LogP contribution in [0.5, 0.6) is 0 Å². The second kappa shape index (κ2) is 5.14. The average Bonchev–Trinajstić information content (AvgIpc) is 2.33. The Kier molecular flexibility index (Phi) is 3.59. The molecule has 0 saturated carbocycles. The average molecular weight is 230 g/mol. The molecule has 0 atom stereocenters. The van der Waals surface area contributed by atoms with E-state index < -0.39 is 0 Å². The van der Waals surface area contributed by atoms with Gasteiger partial charge in [-0.05, 0) is 30.2 Å². The minimum atomic E-state index is 0.544. The highest BCUT2D eigenvalue weighted by atomic mass is 32.2. The number of nitrogens with zero attached hydrogens (tertiary/aromatic N) is 1. The Morgan fingerprint density at radius 1 is 1.19 bits per heavy atom. The lowest BCUT2D eigenvalue weighted by atomic mass is 10.2. The van der Waals surface area contributed by atoms with Crippen LogP contribution in [-0.4, -0.2) is 4.98 Å². The quantitative estimate of drug-likeness (QED) is 0.881. The van der Waals surface area contributed by atoms with E-state index in [2.05, 4.69) is 24.0 Å². The molecule has 1 heterocycles. The minimum absolute atomic E-state index is 0.544. The molecular formula is C13H14N2S. The third kappa shape index (κ3) is 2.62. The van der Waals surface area contributed by atoms with E-state index >= 15 is 0 Å². The molecule has 0 unspecified atom stereocenters. The second-order valence-corrected chi connectivity index (χ2v) is 4.64. The van der Waals surface area contributed by atoms with Crippen molar-refractivity contribution in [1.82, 2.24) is 4.98 Å². The fourth-order valence-electron chi connectivity index (χ4n) is 1.38. The van der Waals surface area contributed by atoms with Crippen LogP contribution in [0, 0.1) is 6.92 Å². The fourth-order valence-corrected chi connectivity index (χ4v) is 2.22. The summed E-state index contributed by atoms with van der Waals surface area (Å²) in [5, 5.41) is 1.01. The predicted octanol–water partition coefficient (Wildman–Crippen LogP) is 3.00. The van der Waals surface area contributed by atoms with E-state index in [9.17, 15) is 0 Å². The number of pyridine rings is 1. The van der Waals surface area contributed by atoms with E-state index in [0.717, 1.165) is 10.6 Å². The summed E-state index contributed by atoms with van der Waals surface area (Å²) in [6, 6.07) is 12.3. The van der Waals surface area contributed by atoms with Crippen LogP contribution >= 0.6 is 11.8 Å². The molecule has 0 radical (unpaired) electrons. The third-order valence-electron chi connectivity index (χ3n) is 2.34. The summed E-state index contributed by atoms with van der Waals surface area (Å²) in [4.78, 5) is 5.61. The summed E-state index contributed by atoms with van der Waals surface area (Å²) in [7, 11) is 0. The van der Waals surface area contributed by atoms with Gasteiger partial charge in [-0.25, -0.2) is 4.98 Å². The zero-order chi connectivity index (χ0) is 11.4. The molecule has 0 aliphatic rings. The standard InChI is InChI=1S/C13H14N2S/c1-10-4-2-3-5-12(10)16-13-7-6-11(8-14)9-15-13/h2-7,9H,8,14H2,1H3. The molecule has 1 aromatic carbocycles. The molecule has 1 aromatic heterocycles. The molecule has 0 fully saturated rings. The van der Waals surface area contributed by atoms with Gasteiger partial charge in [0.25, 0.3) is 0 Å². The number of hydrogen-bond acceptors (Lipinski definition) is 3. The van der Waals surface area contributed by atoms with Crippen LogP contribution in [0.15, 0.2) is 52.5 Å². The molecule has 3 heteroatoms. The van der Waals surface area contributed by atoms with Crippen LogP contribution in [0.25, 0.3) is 0 Å². The Balaban J connectivity index is 2.18. The molecule has 2 rings (SSSR count). The van der Waals surface area contributed by atoms with E-state index in [1.54, 1.807) is 11.8 Å². The van der Waals surface area contributed by atoms with Gasteiger partial charge in [0.05, 0.1) is 0 Å². The smallest absolute Gasteiger partial charge is 0.101 e. The first-order valence-corrected chi connectivity index (χ1v) is 6.00. The molecule has 0 spiro atoms. The summed E-state index contributed by atoms with van der Waals surface area (Å²) >= 11 is 1.68.